The molecular formula is C14H24N2O5. The minimum atomic E-state index is -0.927. The standard InChI is InChI=1S/C14H24N2O5/c1-15(13(21)16-8-10(17)11(18)9-16)14(7-12(19)20)5-3-2-4-6-14/h10-11,17-18H,2-9H2,1H3,(H,19,20). The number of aliphatic carboxylic acids is 1. The van der Waals surface area contributed by atoms with Crippen LogP contribution in [0.1, 0.15) is 38.5 Å². The number of aliphatic hydroxyl groups is 2. The van der Waals surface area contributed by atoms with Gasteiger partial charge in [0, 0.05) is 7.05 Å². The van der Waals surface area contributed by atoms with Crippen molar-refractivity contribution in [3.63, 3.8) is 0 Å². The van der Waals surface area contributed by atoms with E-state index in [-0.39, 0.29) is 25.5 Å². The SMILES string of the molecule is CN(C(=O)N1CC(O)C(O)C1)C1(CC(=O)O)CCCCC1. The predicted molar refractivity (Wildman–Crippen MR) is 74.8 cm³/mol. The summed E-state index contributed by atoms with van der Waals surface area (Å²) in [6, 6.07) is -0.311. The molecular weight excluding hydrogens is 276 g/mol. The Morgan fingerprint density at radius 1 is 1.14 bits per heavy atom. The molecule has 1 aliphatic heterocycles. The average molecular weight is 300 g/mol. The summed E-state index contributed by atoms with van der Waals surface area (Å²) in [5.41, 5.74) is -0.653. The fourth-order valence-electron chi connectivity index (χ4n) is 3.46. The van der Waals surface area contributed by atoms with E-state index in [9.17, 15) is 24.9 Å². The number of carboxylic acids is 1. The lowest BCUT2D eigenvalue weighted by Gasteiger charge is -2.45. The second-order valence-electron chi connectivity index (χ2n) is 6.24. The zero-order chi connectivity index (χ0) is 15.6. The van der Waals surface area contributed by atoms with Crippen LogP contribution in [0.15, 0.2) is 0 Å². The van der Waals surface area contributed by atoms with E-state index in [0.717, 1.165) is 19.3 Å². The number of amides is 2. The zero-order valence-corrected chi connectivity index (χ0v) is 12.4. The Morgan fingerprint density at radius 2 is 1.67 bits per heavy atom. The lowest BCUT2D eigenvalue weighted by Crippen LogP contribution is -2.55. The first-order valence-electron chi connectivity index (χ1n) is 7.46. The van der Waals surface area contributed by atoms with Crippen molar-refractivity contribution in [3.8, 4) is 0 Å². The summed E-state index contributed by atoms with van der Waals surface area (Å²) in [5.74, 6) is -0.905. The number of carbonyl (C=O) groups excluding carboxylic acids is 1. The number of carboxylic acid groups (broad SMARTS) is 1. The molecule has 2 rings (SSSR count). The summed E-state index contributed by atoms with van der Waals surface area (Å²) in [7, 11) is 1.63. The van der Waals surface area contributed by atoms with Gasteiger partial charge in [-0.3, -0.25) is 4.79 Å². The first-order chi connectivity index (χ1) is 9.85. The van der Waals surface area contributed by atoms with Crippen molar-refractivity contribution in [2.24, 2.45) is 0 Å². The molecule has 7 nitrogen and oxygen atoms in total. The minimum Gasteiger partial charge on any atom is -0.481 e. The topological polar surface area (TPSA) is 101 Å². The van der Waals surface area contributed by atoms with E-state index in [0.29, 0.717) is 12.8 Å². The summed E-state index contributed by atoms with van der Waals surface area (Å²) in [6.45, 7) is 0.182. The van der Waals surface area contributed by atoms with Crippen LogP contribution in [0.25, 0.3) is 0 Å². The van der Waals surface area contributed by atoms with Gasteiger partial charge in [-0.15, -0.1) is 0 Å². The van der Waals surface area contributed by atoms with Crippen molar-refractivity contribution in [2.45, 2.75) is 56.3 Å². The highest BCUT2D eigenvalue weighted by molar-refractivity contribution is 5.77. The number of aliphatic hydroxyl groups excluding tert-OH is 2. The maximum atomic E-state index is 12.6. The van der Waals surface area contributed by atoms with Crippen LogP contribution in [-0.4, -0.2) is 75.0 Å². The van der Waals surface area contributed by atoms with E-state index < -0.39 is 23.7 Å². The van der Waals surface area contributed by atoms with E-state index in [2.05, 4.69) is 0 Å². The molecule has 21 heavy (non-hydrogen) atoms. The van der Waals surface area contributed by atoms with Crippen LogP contribution < -0.4 is 0 Å². The fourth-order valence-corrected chi connectivity index (χ4v) is 3.46. The highest BCUT2D eigenvalue weighted by Gasteiger charge is 2.43. The van der Waals surface area contributed by atoms with E-state index in [1.807, 2.05) is 0 Å². The number of rotatable bonds is 3. The molecule has 2 fully saturated rings. The molecule has 1 aliphatic carbocycles. The number of hydrogen-bond donors (Lipinski definition) is 3. The molecule has 1 saturated carbocycles. The number of nitrogens with zero attached hydrogens (tertiary/aromatic N) is 2. The van der Waals surface area contributed by atoms with Crippen LogP contribution in [0.4, 0.5) is 4.79 Å². The Morgan fingerprint density at radius 3 is 2.14 bits per heavy atom. The van der Waals surface area contributed by atoms with Gasteiger partial charge in [0.2, 0.25) is 0 Å². The molecule has 0 bridgehead atoms. The number of urea groups is 1. The minimum absolute atomic E-state index is 0.0613. The zero-order valence-electron chi connectivity index (χ0n) is 12.4. The quantitative estimate of drug-likeness (QED) is 0.693. The van der Waals surface area contributed by atoms with Gasteiger partial charge in [-0.2, -0.15) is 0 Å². The van der Waals surface area contributed by atoms with Crippen LogP contribution in [0.3, 0.4) is 0 Å². The highest BCUT2D eigenvalue weighted by atomic mass is 16.4. The molecule has 2 unspecified atom stereocenters. The average Bonchev–Trinajstić information content (AvgIpc) is 2.77. The first-order valence-corrected chi connectivity index (χ1v) is 7.46. The third kappa shape index (κ3) is 3.29. The lowest BCUT2D eigenvalue weighted by atomic mass is 9.78. The van der Waals surface area contributed by atoms with E-state index in [1.165, 1.54) is 9.80 Å². The molecule has 2 amide bonds. The first kappa shape index (κ1) is 16.0. The molecule has 0 spiro atoms. The van der Waals surface area contributed by atoms with Crippen molar-refractivity contribution < 1.29 is 24.9 Å². The summed E-state index contributed by atoms with van der Waals surface area (Å²) in [6.07, 6.45) is 2.33. The molecule has 0 aromatic heterocycles. The Kier molecular flexibility index (Phi) is 4.73. The summed E-state index contributed by atoms with van der Waals surface area (Å²) in [4.78, 5) is 26.7. The number of β-amino-alcohol motifs (C(OH)–C–C–N with tert-alkyl or cyclic N) is 2. The smallest absolute Gasteiger partial charge is 0.320 e. The van der Waals surface area contributed by atoms with Crippen molar-refractivity contribution in [2.75, 3.05) is 20.1 Å². The molecule has 1 saturated heterocycles. The van der Waals surface area contributed by atoms with Gasteiger partial charge in [0.15, 0.2) is 0 Å². The van der Waals surface area contributed by atoms with Gasteiger partial charge in [-0.25, -0.2) is 4.79 Å². The maximum Gasteiger partial charge on any atom is 0.320 e. The van der Waals surface area contributed by atoms with E-state index in [4.69, 9.17) is 0 Å². The van der Waals surface area contributed by atoms with Gasteiger partial charge in [0.05, 0.1) is 37.3 Å². The Bertz CT molecular complexity index is 398. The van der Waals surface area contributed by atoms with Crippen molar-refractivity contribution in [1.29, 1.82) is 0 Å². The normalized spacial score (nSPS) is 28.4. The second-order valence-corrected chi connectivity index (χ2v) is 6.24. The predicted octanol–water partition coefficient (Wildman–Crippen LogP) is 0.253. The number of carbonyl (C=O) groups is 2. The molecule has 7 heteroatoms. The third-order valence-corrected chi connectivity index (χ3v) is 4.79. The third-order valence-electron chi connectivity index (χ3n) is 4.79. The molecule has 1 heterocycles. The van der Waals surface area contributed by atoms with Crippen molar-refractivity contribution in [3.05, 3.63) is 0 Å². The van der Waals surface area contributed by atoms with Crippen LogP contribution in [-0.2, 0) is 4.79 Å². The fraction of sp³-hybridized carbons (Fsp3) is 0.857. The van der Waals surface area contributed by atoms with Crippen LogP contribution in [0.5, 0.6) is 0 Å². The molecule has 120 valence electrons. The van der Waals surface area contributed by atoms with Crippen LogP contribution in [0.2, 0.25) is 0 Å². The lowest BCUT2D eigenvalue weighted by molar-refractivity contribution is -0.140. The molecule has 2 aliphatic rings. The molecule has 0 aromatic rings. The van der Waals surface area contributed by atoms with Gasteiger partial charge in [0.25, 0.3) is 0 Å². The molecule has 0 radical (unpaired) electrons. The highest BCUT2D eigenvalue weighted by Crippen LogP contribution is 2.36. The number of hydrogen-bond acceptors (Lipinski definition) is 4. The van der Waals surface area contributed by atoms with Crippen molar-refractivity contribution >= 4 is 12.0 Å². The van der Waals surface area contributed by atoms with Crippen LogP contribution >= 0.6 is 0 Å². The Labute approximate surface area is 124 Å². The summed E-state index contributed by atoms with van der Waals surface area (Å²) < 4.78 is 0. The van der Waals surface area contributed by atoms with E-state index in [1.54, 1.807) is 7.05 Å². The van der Waals surface area contributed by atoms with Crippen molar-refractivity contribution in [1.82, 2.24) is 9.80 Å². The van der Waals surface area contributed by atoms with Gasteiger partial charge >= 0.3 is 12.0 Å². The maximum absolute atomic E-state index is 12.6. The van der Waals surface area contributed by atoms with E-state index >= 15 is 0 Å². The van der Waals surface area contributed by atoms with Gasteiger partial charge in [0.1, 0.15) is 0 Å². The Balaban J connectivity index is 2.12. The van der Waals surface area contributed by atoms with Crippen LogP contribution in [0, 0.1) is 0 Å². The van der Waals surface area contributed by atoms with Gasteiger partial charge < -0.3 is 25.1 Å². The van der Waals surface area contributed by atoms with Gasteiger partial charge in [-0.1, -0.05) is 19.3 Å². The molecule has 0 aromatic carbocycles. The van der Waals surface area contributed by atoms with Gasteiger partial charge in [-0.05, 0) is 12.8 Å². The second kappa shape index (κ2) is 6.19. The molecule has 2 atom stereocenters. The monoisotopic (exact) mass is 300 g/mol. The largest absolute Gasteiger partial charge is 0.481 e. The summed E-state index contributed by atoms with van der Waals surface area (Å²) in [5, 5.41) is 28.3. The number of likely N-dealkylation sites (tertiary alicyclic amines) is 1. The summed E-state index contributed by atoms with van der Waals surface area (Å²) >= 11 is 0. The Hall–Kier alpha value is -1.34. The molecule has 3 N–H and O–H groups in total.